The van der Waals surface area contributed by atoms with Gasteiger partial charge in [0, 0.05) is 25.0 Å². The van der Waals surface area contributed by atoms with Gasteiger partial charge in [0.2, 0.25) is 5.91 Å². The van der Waals surface area contributed by atoms with Crippen LogP contribution in [0.25, 0.3) is 5.57 Å². The number of amides is 1. The van der Waals surface area contributed by atoms with Gasteiger partial charge in [0.25, 0.3) is 0 Å². The van der Waals surface area contributed by atoms with Crippen molar-refractivity contribution >= 4 is 28.9 Å². The average molecular weight is 356 g/mol. The normalized spacial score (nSPS) is 15.7. The minimum absolute atomic E-state index is 0.104. The third-order valence-corrected chi connectivity index (χ3v) is 5.67. The first kappa shape index (κ1) is 17.8. The maximum absolute atomic E-state index is 13.1. The van der Waals surface area contributed by atoms with Crippen LogP contribution in [0, 0.1) is 0 Å². The maximum atomic E-state index is 13.1. The first-order valence-electron chi connectivity index (χ1n) is 8.59. The van der Waals surface area contributed by atoms with Crippen molar-refractivity contribution in [2.75, 3.05) is 10.7 Å². The molecule has 0 spiro atoms. The highest BCUT2D eigenvalue weighted by atomic mass is 32.2. The molecule has 0 radical (unpaired) electrons. The fourth-order valence-electron chi connectivity index (χ4n) is 3.43. The molecule has 2 heterocycles. The third-order valence-electron chi connectivity index (χ3n) is 4.63. The Balaban J connectivity index is 1.91. The number of allylic oxidation sites excluding steroid dienone is 1. The van der Waals surface area contributed by atoms with Crippen LogP contribution in [0.15, 0.2) is 41.8 Å². The van der Waals surface area contributed by atoms with Gasteiger partial charge in [0.05, 0.1) is 17.0 Å². The Morgan fingerprint density at radius 1 is 1.32 bits per heavy atom. The van der Waals surface area contributed by atoms with Crippen LogP contribution >= 0.6 is 11.8 Å². The van der Waals surface area contributed by atoms with E-state index in [1.807, 2.05) is 22.7 Å². The summed E-state index contributed by atoms with van der Waals surface area (Å²) in [6.07, 6.45) is 6.83. The van der Waals surface area contributed by atoms with Crippen molar-refractivity contribution in [3.8, 4) is 0 Å². The van der Waals surface area contributed by atoms with Gasteiger partial charge in [0.15, 0.2) is 5.16 Å². The lowest BCUT2D eigenvalue weighted by atomic mass is 9.87. The molecule has 0 saturated heterocycles. The van der Waals surface area contributed by atoms with Crippen LogP contribution in [0.4, 0.5) is 5.69 Å². The number of rotatable bonds is 4. The number of carbonyl (C=O) groups is 1. The van der Waals surface area contributed by atoms with Crippen LogP contribution in [0.5, 0.6) is 0 Å². The van der Waals surface area contributed by atoms with Crippen LogP contribution in [0.2, 0.25) is 0 Å². The van der Waals surface area contributed by atoms with Gasteiger partial charge in [-0.15, -0.1) is 0 Å². The molecular weight excluding hydrogens is 330 g/mol. The first-order chi connectivity index (χ1) is 11.8. The predicted molar refractivity (Wildman–Crippen MR) is 105 cm³/mol. The lowest BCUT2D eigenvalue weighted by Gasteiger charge is -2.41. The zero-order valence-electron chi connectivity index (χ0n) is 15.5. The summed E-state index contributed by atoms with van der Waals surface area (Å²) in [5.41, 5.74) is 4.35. The largest absolute Gasteiger partial charge is 0.329 e. The number of hydrogen-bond donors (Lipinski definition) is 0. The molecule has 1 aromatic carbocycles. The Bertz CT molecular complexity index is 835. The van der Waals surface area contributed by atoms with E-state index < -0.39 is 0 Å². The zero-order chi connectivity index (χ0) is 18.2. The monoisotopic (exact) mass is 355 g/mol. The average Bonchev–Trinajstić information content (AvgIpc) is 2.97. The van der Waals surface area contributed by atoms with Gasteiger partial charge in [-0.3, -0.25) is 4.79 Å². The number of fused-ring (bicyclic) bond motifs is 1. The Labute approximate surface area is 153 Å². The van der Waals surface area contributed by atoms with E-state index in [1.54, 1.807) is 6.20 Å². The number of nitrogens with zero attached hydrogens (tertiary/aromatic N) is 3. The standard InChI is InChI=1S/C20H25N3OS/c1-6-15-7-8-17-16(11-15)14(2)12-20(3,4)23(17)18(24)13-25-19-21-9-10-22(19)5/h7-12H,6,13H2,1-5H3. The number of hydrogen-bond acceptors (Lipinski definition) is 3. The summed E-state index contributed by atoms with van der Waals surface area (Å²) in [6.45, 7) is 8.47. The minimum Gasteiger partial charge on any atom is -0.329 e. The molecule has 25 heavy (non-hydrogen) atoms. The summed E-state index contributed by atoms with van der Waals surface area (Å²) in [4.78, 5) is 19.3. The molecule has 0 atom stereocenters. The molecule has 132 valence electrons. The van der Waals surface area contributed by atoms with E-state index in [-0.39, 0.29) is 11.4 Å². The summed E-state index contributed by atoms with van der Waals surface area (Å²) >= 11 is 1.48. The molecule has 1 aliphatic rings. The number of anilines is 1. The molecule has 5 heteroatoms. The molecule has 0 bridgehead atoms. The maximum Gasteiger partial charge on any atom is 0.238 e. The van der Waals surface area contributed by atoms with Gasteiger partial charge in [0.1, 0.15) is 0 Å². The van der Waals surface area contributed by atoms with Crippen molar-refractivity contribution in [1.29, 1.82) is 0 Å². The second-order valence-electron chi connectivity index (χ2n) is 7.02. The van der Waals surface area contributed by atoms with Gasteiger partial charge in [-0.1, -0.05) is 30.8 Å². The van der Waals surface area contributed by atoms with Crippen LogP contribution < -0.4 is 4.90 Å². The van der Waals surface area contributed by atoms with Gasteiger partial charge in [-0.25, -0.2) is 4.98 Å². The first-order valence-corrected chi connectivity index (χ1v) is 9.58. The molecule has 0 fully saturated rings. The van der Waals surface area contributed by atoms with Crippen LogP contribution in [-0.4, -0.2) is 26.8 Å². The van der Waals surface area contributed by atoms with E-state index in [2.05, 4.69) is 57.0 Å². The molecule has 0 unspecified atom stereocenters. The molecule has 0 N–H and O–H groups in total. The van der Waals surface area contributed by atoms with Crippen LogP contribution in [0.3, 0.4) is 0 Å². The number of thioether (sulfide) groups is 1. The fraction of sp³-hybridized carbons (Fsp3) is 0.400. The smallest absolute Gasteiger partial charge is 0.238 e. The molecular formula is C20H25N3OS. The van der Waals surface area contributed by atoms with E-state index >= 15 is 0 Å². The number of aryl methyl sites for hydroxylation is 2. The fourth-order valence-corrected chi connectivity index (χ4v) is 4.22. The van der Waals surface area contributed by atoms with Crippen molar-refractivity contribution in [3.63, 3.8) is 0 Å². The summed E-state index contributed by atoms with van der Waals surface area (Å²) in [5.74, 6) is 0.475. The van der Waals surface area contributed by atoms with E-state index in [0.717, 1.165) is 22.8 Å². The van der Waals surface area contributed by atoms with Crippen molar-refractivity contribution in [3.05, 3.63) is 47.8 Å². The van der Waals surface area contributed by atoms with Gasteiger partial charge >= 0.3 is 0 Å². The van der Waals surface area contributed by atoms with Crippen molar-refractivity contribution in [2.45, 2.75) is 44.8 Å². The quantitative estimate of drug-likeness (QED) is 0.767. The number of aromatic nitrogens is 2. The Morgan fingerprint density at radius 3 is 2.72 bits per heavy atom. The summed E-state index contributed by atoms with van der Waals surface area (Å²) in [6, 6.07) is 6.43. The highest BCUT2D eigenvalue weighted by molar-refractivity contribution is 7.99. The highest BCUT2D eigenvalue weighted by Crippen LogP contribution is 2.40. The van der Waals surface area contributed by atoms with Gasteiger partial charge in [-0.05, 0) is 50.5 Å². The Kier molecular flexibility index (Phi) is 4.78. The van der Waals surface area contributed by atoms with Crippen molar-refractivity contribution < 1.29 is 4.79 Å². The van der Waals surface area contributed by atoms with Gasteiger partial charge < -0.3 is 9.47 Å². The lowest BCUT2D eigenvalue weighted by molar-refractivity contribution is -0.116. The molecule has 2 aromatic rings. The molecule has 1 aliphatic heterocycles. The summed E-state index contributed by atoms with van der Waals surface area (Å²) in [7, 11) is 1.94. The highest BCUT2D eigenvalue weighted by Gasteiger charge is 2.35. The van der Waals surface area contributed by atoms with E-state index in [9.17, 15) is 4.79 Å². The molecule has 0 saturated carbocycles. The van der Waals surface area contributed by atoms with E-state index in [4.69, 9.17) is 0 Å². The molecule has 1 amide bonds. The zero-order valence-corrected chi connectivity index (χ0v) is 16.4. The molecule has 3 rings (SSSR count). The van der Waals surface area contributed by atoms with Crippen molar-refractivity contribution in [2.24, 2.45) is 7.05 Å². The van der Waals surface area contributed by atoms with E-state index in [0.29, 0.717) is 5.75 Å². The predicted octanol–water partition coefficient (Wildman–Crippen LogP) is 4.30. The van der Waals surface area contributed by atoms with E-state index in [1.165, 1.54) is 22.9 Å². The summed E-state index contributed by atoms with van der Waals surface area (Å²) in [5, 5.41) is 0.858. The number of carbonyl (C=O) groups excluding carboxylic acids is 1. The third kappa shape index (κ3) is 3.38. The lowest BCUT2D eigenvalue weighted by Crippen LogP contribution is -2.49. The van der Waals surface area contributed by atoms with Crippen LogP contribution in [-0.2, 0) is 18.3 Å². The summed E-state index contributed by atoms with van der Waals surface area (Å²) < 4.78 is 1.94. The second-order valence-corrected chi connectivity index (χ2v) is 7.97. The topological polar surface area (TPSA) is 38.1 Å². The van der Waals surface area contributed by atoms with Crippen molar-refractivity contribution in [1.82, 2.24) is 9.55 Å². The second kappa shape index (κ2) is 6.71. The SMILES string of the molecule is CCc1ccc2c(c1)C(C)=CC(C)(C)N2C(=O)CSc1nccn1C. The Hall–Kier alpha value is -2.01. The van der Waals surface area contributed by atoms with Gasteiger partial charge in [-0.2, -0.15) is 0 Å². The number of imidazole rings is 1. The minimum atomic E-state index is -0.343. The Morgan fingerprint density at radius 2 is 2.08 bits per heavy atom. The number of benzene rings is 1. The molecule has 1 aromatic heterocycles. The molecule has 0 aliphatic carbocycles. The van der Waals surface area contributed by atoms with Crippen LogP contribution in [0.1, 0.15) is 38.8 Å². The molecule has 4 nitrogen and oxygen atoms in total.